The number of aromatic nitrogens is 2. The molecule has 12 heteroatoms. The number of rotatable bonds is 9. The molecular weight excluding hydrogens is 604 g/mol. The van der Waals surface area contributed by atoms with Crippen molar-refractivity contribution in [2.45, 2.75) is 38.6 Å². The number of amides is 3. The van der Waals surface area contributed by atoms with E-state index >= 15 is 0 Å². The minimum atomic E-state index is -1.58. The molecule has 0 bridgehead atoms. The number of hydrogen-bond donors (Lipinski definition) is 2. The van der Waals surface area contributed by atoms with Crippen LogP contribution in [0.2, 0.25) is 0 Å². The summed E-state index contributed by atoms with van der Waals surface area (Å²) >= 11 is 3.53. The lowest BCUT2D eigenvalue weighted by molar-refractivity contribution is -0.483. The van der Waals surface area contributed by atoms with Gasteiger partial charge in [0, 0.05) is 66.5 Å². The largest absolute Gasteiger partial charge is 0.831 e. The Morgan fingerprint density at radius 2 is 1.90 bits per heavy atom. The van der Waals surface area contributed by atoms with E-state index in [4.69, 9.17) is 5.11 Å². The third kappa shape index (κ3) is 6.35. The summed E-state index contributed by atoms with van der Waals surface area (Å²) in [7, 11) is 0. The highest BCUT2D eigenvalue weighted by atomic mass is 79.9. The summed E-state index contributed by atoms with van der Waals surface area (Å²) in [6.45, 7) is 8.62. The van der Waals surface area contributed by atoms with Crippen molar-refractivity contribution in [3.05, 3.63) is 70.5 Å². The minimum absolute atomic E-state index is 0.0619. The molecule has 222 valence electrons. The van der Waals surface area contributed by atoms with Crippen molar-refractivity contribution in [2.75, 3.05) is 44.2 Å². The topological polar surface area (TPSA) is 134 Å². The standard InChI is InChI=1S/C30H34BrN6O5/c1-3-27(39)36-16-22(17-36)33-26(38)18-37-19(2)29(23-14-21(31)6-7-24(23)37)30(42)35-12-10-34(11-13-35)25-8-4-20(15-32-25)5-9-28(40)41/h3-4,6-8,14-15,22,28,40H,1,5,9-13,16-18H2,2H3,(H,33,38)/q-1. The Labute approximate surface area is 252 Å². The van der Waals surface area contributed by atoms with Crippen LogP contribution in [-0.2, 0) is 22.6 Å². The number of benzene rings is 1. The van der Waals surface area contributed by atoms with Crippen molar-refractivity contribution in [1.29, 1.82) is 0 Å². The molecule has 2 N–H and O–H groups in total. The molecule has 1 aromatic carbocycles. The predicted octanol–water partition coefficient (Wildman–Crippen LogP) is 1.19. The van der Waals surface area contributed by atoms with E-state index in [-0.39, 0.29) is 36.7 Å². The Kier molecular flexibility index (Phi) is 8.95. The summed E-state index contributed by atoms with van der Waals surface area (Å²) in [5, 5.41) is 23.7. The molecule has 0 radical (unpaired) electrons. The molecular formula is C30H34BrN6O5-. The molecule has 2 aliphatic heterocycles. The molecule has 5 rings (SSSR count). The Morgan fingerprint density at radius 1 is 1.17 bits per heavy atom. The van der Waals surface area contributed by atoms with Gasteiger partial charge >= 0.3 is 0 Å². The highest BCUT2D eigenvalue weighted by Gasteiger charge is 2.32. The highest BCUT2D eigenvalue weighted by molar-refractivity contribution is 9.10. The highest BCUT2D eigenvalue weighted by Crippen LogP contribution is 2.30. The summed E-state index contributed by atoms with van der Waals surface area (Å²) in [5.41, 5.74) is 3.01. The Hall–Kier alpha value is -3.74. The Morgan fingerprint density at radius 3 is 2.55 bits per heavy atom. The Balaban J connectivity index is 1.26. The average molecular weight is 639 g/mol. The fourth-order valence-electron chi connectivity index (χ4n) is 5.56. The lowest BCUT2D eigenvalue weighted by Gasteiger charge is -2.38. The van der Waals surface area contributed by atoms with E-state index in [9.17, 15) is 19.5 Å². The number of halogens is 1. The first-order valence-corrected chi connectivity index (χ1v) is 14.8. The van der Waals surface area contributed by atoms with Crippen LogP contribution in [0, 0.1) is 6.92 Å². The molecule has 1 unspecified atom stereocenters. The van der Waals surface area contributed by atoms with E-state index in [1.807, 2.05) is 46.7 Å². The van der Waals surface area contributed by atoms with Crippen LogP contribution < -0.4 is 15.3 Å². The predicted molar refractivity (Wildman–Crippen MR) is 160 cm³/mol. The summed E-state index contributed by atoms with van der Waals surface area (Å²) in [5.74, 6) is 0.403. The second kappa shape index (κ2) is 12.6. The summed E-state index contributed by atoms with van der Waals surface area (Å²) < 4.78 is 2.72. The van der Waals surface area contributed by atoms with Crippen molar-refractivity contribution in [1.82, 2.24) is 24.7 Å². The molecule has 1 atom stereocenters. The van der Waals surface area contributed by atoms with Gasteiger partial charge in [0.1, 0.15) is 12.4 Å². The molecule has 4 heterocycles. The molecule has 11 nitrogen and oxygen atoms in total. The van der Waals surface area contributed by atoms with E-state index in [1.165, 1.54) is 6.08 Å². The number of hydrogen-bond acceptors (Lipinski definition) is 7. The van der Waals surface area contributed by atoms with Crippen LogP contribution in [0.1, 0.15) is 28.0 Å². The van der Waals surface area contributed by atoms with Gasteiger partial charge < -0.3 is 34.8 Å². The monoisotopic (exact) mass is 637 g/mol. The van der Waals surface area contributed by atoms with Crippen molar-refractivity contribution in [2.24, 2.45) is 0 Å². The van der Waals surface area contributed by atoms with Gasteiger partial charge in [0.15, 0.2) is 0 Å². The summed E-state index contributed by atoms with van der Waals surface area (Å²) in [6.07, 6.45) is 2.03. The quantitative estimate of drug-likeness (QED) is 0.266. The first kappa shape index (κ1) is 29.7. The number of fused-ring (bicyclic) bond motifs is 1. The van der Waals surface area contributed by atoms with E-state index in [1.54, 1.807) is 11.1 Å². The van der Waals surface area contributed by atoms with Crippen molar-refractivity contribution >= 4 is 50.4 Å². The average Bonchev–Trinajstić information content (AvgIpc) is 3.22. The number of nitrogens with one attached hydrogen (secondary N) is 1. The molecule has 42 heavy (non-hydrogen) atoms. The number of aryl methyl sites for hydroxylation is 1. The number of carbonyl (C=O) groups excluding carboxylic acids is 3. The maximum atomic E-state index is 13.9. The second-order valence-corrected chi connectivity index (χ2v) is 11.6. The molecule has 3 amide bonds. The normalized spacial score (nSPS) is 16.3. The van der Waals surface area contributed by atoms with Gasteiger partial charge in [0.05, 0.1) is 11.6 Å². The number of aliphatic hydroxyl groups is 1. The minimum Gasteiger partial charge on any atom is -0.831 e. The van der Waals surface area contributed by atoms with Gasteiger partial charge in [-0.25, -0.2) is 4.98 Å². The van der Waals surface area contributed by atoms with Crippen molar-refractivity contribution in [3.8, 4) is 0 Å². The van der Waals surface area contributed by atoms with Gasteiger partial charge in [0.25, 0.3) is 5.91 Å². The molecule has 0 saturated carbocycles. The fraction of sp³-hybridized carbons (Fsp3) is 0.400. The van der Waals surface area contributed by atoms with Crippen LogP contribution >= 0.6 is 15.9 Å². The number of anilines is 1. The maximum absolute atomic E-state index is 13.9. The zero-order chi connectivity index (χ0) is 30.0. The number of carbonyl (C=O) groups is 3. The van der Waals surface area contributed by atoms with E-state index < -0.39 is 6.29 Å². The number of pyridine rings is 1. The van der Waals surface area contributed by atoms with Gasteiger partial charge in [-0.05, 0) is 62.0 Å². The van der Waals surface area contributed by atoms with Gasteiger partial charge in [-0.15, -0.1) is 0 Å². The molecule has 3 aromatic rings. The van der Waals surface area contributed by atoms with Crippen LogP contribution in [0.5, 0.6) is 0 Å². The lowest BCUT2D eigenvalue weighted by Crippen LogP contribution is -2.61. The van der Waals surface area contributed by atoms with Crippen LogP contribution in [0.3, 0.4) is 0 Å². The lowest BCUT2D eigenvalue weighted by atomic mass is 10.1. The van der Waals surface area contributed by atoms with Crippen LogP contribution in [0.15, 0.2) is 53.7 Å². The SMILES string of the molecule is C=CC(=O)N1CC(NC(=O)Cn2c(C)c(C(=O)N3CCN(c4ccc(CCC([O-])O)cn4)CC3)c3cc(Br)ccc32)C1. The molecule has 2 aliphatic rings. The smallest absolute Gasteiger partial charge is 0.256 e. The summed E-state index contributed by atoms with van der Waals surface area (Å²) in [6, 6.07) is 9.44. The molecule has 2 aromatic heterocycles. The van der Waals surface area contributed by atoms with Crippen LogP contribution in [0.25, 0.3) is 10.9 Å². The van der Waals surface area contributed by atoms with E-state index in [0.29, 0.717) is 51.3 Å². The van der Waals surface area contributed by atoms with Crippen LogP contribution in [0.4, 0.5) is 5.82 Å². The molecule has 0 aliphatic carbocycles. The third-order valence-corrected chi connectivity index (χ3v) is 8.41. The van der Waals surface area contributed by atoms with Gasteiger partial charge in [-0.2, -0.15) is 0 Å². The third-order valence-electron chi connectivity index (χ3n) is 7.91. The van der Waals surface area contributed by atoms with E-state index in [0.717, 1.165) is 32.5 Å². The zero-order valence-electron chi connectivity index (χ0n) is 23.5. The number of aliphatic hydroxyl groups excluding tert-OH is 1. The van der Waals surface area contributed by atoms with Crippen molar-refractivity contribution in [3.63, 3.8) is 0 Å². The van der Waals surface area contributed by atoms with Crippen LogP contribution in [-0.4, -0.2) is 93.8 Å². The van der Waals surface area contributed by atoms with E-state index in [2.05, 4.69) is 37.7 Å². The number of likely N-dealkylation sites (tertiary alicyclic amines) is 1. The maximum Gasteiger partial charge on any atom is 0.256 e. The molecule has 0 spiro atoms. The summed E-state index contributed by atoms with van der Waals surface area (Å²) in [4.78, 5) is 48.7. The molecule has 2 saturated heterocycles. The first-order chi connectivity index (χ1) is 20.1. The Bertz CT molecular complexity index is 1490. The molecule has 2 fully saturated rings. The van der Waals surface area contributed by atoms with Gasteiger partial charge in [0.2, 0.25) is 11.8 Å². The number of nitrogens with zero attached hydrogens (tertiary/aromatic N) is 5. The second-order valence-electron chi connectivity index (χ2n) is 10.7. The van der Waals surface area contributed by atoms with Crippen molar-refractivity contribution < 1.29 is 24.6 Å². The fourth-order valence-corrected chi connectivity index (χ4v) is 5.92. The zero-order valence-corrected chi connectivity index (χ0v) is 25.0. The first-order valence-electron chi connectivity index (χ1n) is 14.0. The van der Waals surface area contributed by atoms with Gasteiger partial charge in [-0.1, -0.05) is 28.6 Å². The number of piperazine rings is 1. The van der Waals surface area contributed by atoms with Gasteiger partial charge in [-0.3, -0.25) is 14.4 Å².